The largest absolute Gasteiger partial charge is 0.418 e. The van der Waals surface area contributed by atoms with Crippen LogP contribution in [0, 0.1) is 0 Å². The number of benzene rings is 3. The second-order valence-corrected chi connectivity index (χ2v) is 7.27. The van der Waals surface area contributed by atoms with E-state index in [-0.39, 0.29) is 11.5 Å². The lowest BCUT2D eigenvalue weighted by molar-refractivity contribution is -0.137. The van der Waals surface area contributed by atoms with Crippen LogP contribution in [0.5, 0.6) is 0 Å². The maximum absolute atomic E-state index is 13.6. The lowest BCUT2D eigenvalue weighted by atomic mass is 10.1. The van der Waals surface area contributed by atoms with Crippen LogP contribution < -0.4 is 10.6 Å². The number of aromatic nitrogens is 3. The van der Waals surface area contributed by atoms with E-state index >= 15 is 0 Å². The van der Waals surface area contributed by atoms with Crippen LogP contribution in [-0.4, -0.2) is 26.6 Å². The van der Waals surface area contributed by atoms with Gasteiger partial charge in [-0.1, -0.05) is 48.5 Å². The summed E-state index contributed by atoms with van der Waals surface area (Å²) in [5, 5.41) is 8.80. The fourth-order valence-electron chi connectivity index (χ4n) is 3.28. The van der Waals surface area contributed by atoms with E-state index in [9.17, 15) is 22.8 Å². The first-order valence-corrected chi connectivity index (χ1v) is 10.1. The van der Waals surface area contributed by atoms with Crippen molar-refractivity contribution in [1.82, 2.24) is 14.8 Å². The van der Waals surface area contributed by atoms with Gasteiger partial charge in [0.05, 0.1) is 16.9 Å². The number of hydrogen-bond acceptors (Lipinski definition) is 4. The van der Waals surface area contributed by atoms with E-state index in [0.717, 1.165) is 12.1 Å². The Kier molecular flexibility index (Phi) is 6.13. The number of carbonyl (C=O) groups excluding carboxylic acids is 2. The van der Waals surface area contributed by atoms with Gasteiger partial charge in [-0.2, -0.15) is 13.2 Å². The second-order valence-electron chi connectivity index (χ2n) is 7.27. The summed E-state index contributed by atoms with van der Waals surface area (Å²) in [6.07, 6.45) is -4.77. The quantitative estimate of drug-likeness (QED) is 0.426. The van der Waals surface area contributed by atoms with Crippen molar-refractivity contribution in [1.29, 1.82) is 0 Å². The lowest BCUT2D eigenvalue weighted by Gasteiger charge is -2.15. The van der Waals surface area contributed by atoms with E-state index in [1.807, 2.05) is 12.1 Å². The van der Waals surface area contributed by atoms with Crippen LogP contribution in [0.1, 0.15) is 23.1 Å². The molecule has 0 bridgehead atoms. The molecule has 0 spiro atoms. The molecule has 0 radical (unpaired) electrons. The number of rotatable bonds is 5. The van der Waals surface area contributed by atoms with Crippen molar-refractivity contribution >= 4 is 23.2 Å². The predicted octanol–water partition coefficient (Wildman–Crippen LogP) is 5.16. The number of hydrogen-bond donors (Lipinski definition) is 2. The molecule has 10 heteroatoms. The molecule has 0 fully saturated rings. The maximum atomic E-state index is 13.6. The van der Waals surface area contributed by atoms with Crippen molar-refractivity contribution in [3.05, 3.63) is 90.3 Å². The monoisotopic (exact) mass is 465 g/mol. The number of alkyl halides is 3. The molecule has 3 aromatic carbocycles. The summed E-state index contributed by atoms with van der Waals surface area (Å²) < 4.78 is 42.3. The molecule has 0 unspecified atom stereocenters. The van der Waals surface area contributed by atoms with Crippen molar-refractivity contribution < 1.29 is 22.8 Å². The SMILES string of the molecule is CC(=O)Nc1ccc(NC(=O)c2nc(-c3ccccc3)n(-c3ccccc3)n2)c(C(F)(F)F)c1. The average Bonchev–Trinajstić information content (AvgIpc) is 3.26. The van der Waals surface area contributed by atoms with Gasteiger partial charge >= 0.3 is 6.18 Å². The molecule has 4 aromatic rings. The van der Waals surface area contributed by atoms with Gasteiger partial charge in [0.2, 0.25) is 11.7 Å². The molecule has 172 valence electrons. The minimum absolute atomic E-state index is 0.0457. The number of nitrogens with one attached hydrogen (secondary N) is 2. The van der Waals surface area contributed by atoms with Gasteiger partial charge in [-0.05, 0) is 30.3 Å². The van der Waals surface area contributed by atoms with E-state index in [4.69, 9.17) is 0 Å². The van der Waals surface area contributed by atoms with Crippen LogP contribution in [0.25, 0.3) is 17.1 Å². The molecule has 2 N–H and O–H groups in total. The normalized spacial score (nSPS) is 11.2. The Morgan fingerprint density at radius 1 is 0.882 bits per heavy atom. The first kappa shape index (κ1) is 22.7. The Bertz CT molecular complexity index is 1280. The molecule has 2 amide bonds. The Balaban J connectivity index is 1.72. The fourth-order valence-corrected chi connectivity index (χ4v) is 3.28. The predicted molar refractivity (Wildman–Crippen MR) is 120 cm³/mol. The summed E-state index contributed by atoms with van der Waals surface area (Å²) in [6, 6.07) is 21.0. The van der Waals surface area contributed by atoms with Crippen molar-refractivity contribution in [2.75, 3.05) is 10.6 Å². The van der Waals surface area contributed by atoms with Gasteiger partial charge in [-0.15, -0.1) is 5.10 Å². The highest BCUT2D eigenvalue weighted by Crippen LogP contribution is 2.37. The molecule has 4 rings (SSSR count). The van der Waals surface area contributed by atoms with Gasteiger partial charge in [-0.3, -0.25) is 9.59 Å². The highest BCUT2D eigenvalue weighted by Gasteiger charge is 2.35. The van der Waals surface area contributed by atoms with Crippen LogP contribution in [0.3, 0.4) is 0 Å². The average molecular weight is 465 g/mol. The number of halogens is 3. The Morgan fingerprint density at radius 3 is 2.15 bits per heavy atom. The molecule has 0 aliphatic carbocycles. The highest BCUT2D eigenvalue weighted by atomic mass is 19.4. The third-order valence-corrected chi connectivity index (χ3v) is 4.74. The van der Waals surface area contributed by atoms with E-state index in [1.54, 1.807) is 48.5 Å². The number of para-hydroxylation sites is 1. The van der Waals surface area contributed by atoms with Crippen LogP contribution in [0.2, 0.25) is 0 Å². The summed E-state index contributed by atoms with van der Waals surface area (Å²) in [5.41, 5.74) is -0.338. The molecule has 0 atom stereocenters. The topological polar surface area (TPSA) is 88.9 Å². The summed E-state index contributed by atoms with van der Waals surface area (Å²) in [7, 11) is 0. The molecule has 0 saturated carbocycles. The van der Waals surface area contributed by atoms with Gasteiger partial charge in [0.1, 0.15) is 0 Å². The van der Waals surface area contributed by atoms with Gasteiger partial charge in [0, 0.05) is 18.2 Å². The minimum atomic E-state index is -4.77. The van der Waals surface area contributed by atoms with Crippen LogP contribution in [-0.2, 0) is 11.0 Å². The Hall–Kier alpha value is -4.47. The van der Waals surface area contributed by atoms with Crippen molar-refractivity contribution in [3.8, 4) is 17.1 Å². The first-order valence-electron chi connectivity index (χ1n) is 10.1. The number of carbonyl (C=O) groups is 2. The van der Waals surface area contributed by atoms with Gasteiger partial charge < -0.3 is 10.6 Å². The molecule has 7 nitrogen and oxygen atoms in total. The third kappa shape index (κ3) is 4.96. The first-order chi connectivity index (χ1) is 16.2. The number of nitrogens with zero attached hydrogens (tertiary/aromatic N) is 3. The minimum Gasteiger partial charge on any atom is -0.326 e. The fraction of sp³-hybridized carbons (Fsp3) is 0.0833. The molecule has 0 aliphatic heterocycles. The zero-order chi connectivity index (χ0) is 24.3. The van der Waals surface area contributed by atoms with Gasteiger partial charge in [-0.25, -0.2) is 9.67 Å². The summed E-state index contributed by atoms with van der Waals surface area (Å²) in [5.74, 6) is -1.38. The lowest BCUT2D eigenvalue weighted by Crippen LogP contribution is -2.18. The van der Waals surface area contributed by atoms with Crippen LogP contribution in [0.15, 0.2) is 78.9 Å². The molecular formula is C24H18F3N5O2. The van der Waals surface area contributed by atoms with Crippen LogP contribution >= 0.6 is 0 Å². The molecular weight excluding hydrogens is 447 g/mol. The van der Waals surface area contributed by atoms with Crippen LogP contribution in [0.4, 0.5) is 24.5 Å². The molecule has 0 aliphatic rings. The van der Waals surface area contributed by atoms with E-state index in [2.05, 4.69) is 20.7 Å². The summed E-state index contributed by atoms with van der Waals surface area (Å²) >= 11 is 0. The zero-order valence-corrected chi connectivity index (χ0v) is 17.8. The second kappa shape index (κ2) is 9.18. The summed E-state index contributed by atoms with van der Waals surface area (Å²) in [6.45, 7) is 1.18. The molecule has 1 heterocycles. The molecule has 0 saturated heterocycles. The standard InChI is InChI=1S/C24H18F3N5O2/c1-15(33)28-17-12-13-20(19(14-17)24(25,26)27)29-23(34)21-30-22(16-8-4-2-5-9-16)32(31-21)18-10-6-3-7-11-18/h2-14H,1H3,(H,28,33)(H,29,34). The van der Waals surface area contributed by atoms with Crippen molar-refractivity contribution in [3.63, 3.8) is 0 Å². The Labute approximate surface area is 192 Å². The smallest absolute Gasteiger partial charge is 0.326 e. The molecule has 1 aromatic heterocycles. The van der Waals surface area contributed by atoms with Crippen molar-refractivity contribution in [2.24, 2.45) is 0 Å². The van der Waals surface area contributed by atoms with E-state index in [0.29, 0.717) is 17.1 Å². The van der Waals surface area contributed by atoms with Gasteiger partial charge in [0.15, 0.2) is 5.82 Å². The molecule has 34 heavy (non-hydrogen) atoms. The third-order valence-electron chi connectivity index (χ3n) is 4.74. The highest BCUT2D eigenvalue weighted by molar-refractivity contribution is 6.02. The Morgan fingerprint density at radius 2 is 1.53 bits per heavy atom. The maximum Gasteiger partial charge on any atom is 0.418 e. The van der Waals surface area contributed by atoms with Gasteiger partial charge in [0.25, 0.3) is 5.91 Å². The number of anilines is 2. The summed E-state index contributed by atoms with van der Waals surface area (Å²) in [4.78, 5) is 28.4. The number of amides is 2. The van der Waals surface area contributed by atoms with E-state index < -0.39 is 29.2 Å². The van der Waals surface area contributed by atoms with Crippen molar-refractivity contribution in [2.45, 2.75) is 13.1 Å². The van der Waals surface area contributed by atoms with E-state index in [1.165, 1.54) is 17.7 Å². The zero-order valence-electron chi connectivity index (χ0n) is 17.8.